The fraction of sp³-hybridized carbons (Fsp3) is 0.667. The molecule has 1 aliphatic rings. The van der Waals surface area contributed by atoms with Crippen molar-refractivity contribution in [1.82, 2.24) is 10.3 Å². The zero-order chi connectivity index (χ0) is 14.5. The number of carbonyl (C=O) groups is 1. The SMILES string of the molecule is CC(C)Nc1nc(N)c(C(=O)NCC2CSCCS2)s1. The normalized spacial score (nSPS) is 19.1. The second kappa shape index (κ2) is 7.42. The molecule has 0 aromatic carbocycles. The van der Waals surface area contributed by atoms with Gasteiger partial charge in [-0.2, -0.15) is 23.5 Å². The van der Waals surface area contributed by atoms with Crippen molar-refractivity contribution in [3.63, 3.8) is 0 Å². The molecular formula is C12H20N4OS3. The molecule has 1 unspecified atom stereocenters. The molecule has 8 heteroatoms. The van der Waals surface area contributed by atoms with Crippen LogP contribution in [0.4, 0.5) is 10.9 Å². The van der Waals surface area contributed by atoms with Crippen molar-refractivity contribution < 1.29 is 4.79 Å². The van der Waals surface area contributed by atoms with E-state index in [4.69, 9.17) is 5.73 Å². The summed E-state index contributed by atoms with van der Waals surface area (Å²) < 4.78 is 0. The third kappa shape index (κ3) is 4.46. The Kier molecular flexibility index (Phi) is 5.86. The van der Waals surface area contributed by atoms with E-state index in [2.05, 4.69) is 15.6 Å². The zero-order valence-corrected chi connectivity index (χ0v) is 14.1. The summed E-state index contributed by atoms with van der Waals surface area (Å²) in [6.45, 7) is 4.74. The molecule has 1 atom stereocenters. The second-order valence-electron chi connectivity index (χ2n) is 4.81. The maximum Gasteiger partial charge on any atom is 0.265 e. The summed E-state index contributed by atoms with van der Waals surface area (Å²) in [7, 11) is 0. The first kappa shape index (κ1) is 15.8. The van der Waals surface area contributed by atoms with Crippen LogP contribution < -0.4 is 16.4 Å². The van der Waals surface area contributed by atoms with Gasteiger partial charge in [-0.15, -0.1) is 0 Å². The van der Waals surface area contributed by atoms with E-state index in [0.29, 0.717) is 27.6 Å². The lowest BCUT2D eigenvalue weighted by atomic mass is 10.4. The van der Waals surface area contributed by atoms with Gasteiger partial charge < -0.3 is 16.4 Å². The van der Waals surface area contributed by atoms with Gasteiger partial charge in [0, 0.05) is 35.1 Å². The van der Waals surface area contributed by atoms with Crippen LogP contribution in [0.25, 0.3) is 0 Å². The number of aromatic nitrogens is 1. The van der Waals surface area contributed by atoms with Gasteiger partial charge >= 0.3 is 0 Å². The molecule has 1 aromatic rings. The lowest BCUT2D eigenvalue weighted by molar-refractivity contribution is 0.0959. The van der Waals surface area contributed by atoms with E-state index in [-0.39, 0.29) is 11.9 Å². The van der Waals surface area contributed by atoms with Crippen molar-refractivity contribution in [1.29, 1.82) is 0 Å². The molecule has 0 saturated carbocycles. The Morgan fingerprint density at radius 2 is 2.30 bits per heavy atom. The van der Waals surface area contributed by atoms with Gasteiger partial charge in [0.1, 0.15) is 10.7 Å². The molecule has 0 spiro atoms. The molecule has 2 rings (SSSR count). The number of nitrogens with zero attached hydrogens (tertiary/aromatic N) is 1. The van der Waals surface area contributed by atoms with Gasteiger partial charge in [0.2, 0.25) is 0 Å². The predicted molar refractivity (Wildman–Crippen MR) is 91.2 cm³/mol. The van der Waals surface area contributed by atoms with Crippen LogP contribution in [-0.2, 0) is 0 Å². The van der Waals surface area contributed by atoms with Crippen molar-refractivity contribution in [3.05, 3.63) is 4.88 Å². The molecule has 1 aliphatic heterocycles. The van der Waals surface area contributed by atoms with Crippen LogP contribution in [-0.4, -0.2) is 46.0 Å². The van der Waals surface area contributed by atoms with E-state index >= 15 is 0 Å². The Labute approximate surface area is 131 Å². The van der Waals surface area contributed by atoms with E-state index in [9.17, 15) is 4.79 Å². The Bertz CT molecular complexity index is 458. The largest absolute Gasteiger partial charge is 0.382 e. The quantitative estimate of drug-likeness (QED) is 0.766. The second-order valence-corrected chi connectivity index (χ2v) is 8.37. The summed E-state index contributed by atoms with van der Waals surface area (Å²) in [6.07, 6.45) is 0. The van der Waals surface area contributed by atoms with Gasteiger partial charge in [-0.05, 0) is 13.8 Å². The van der Waals surface area contributed by atoms with Gasteiger partial charge in [0.15, 0.2) is 5.13 Å². The molecule has 0 bridgehead atoms. The highest BCUT2D eigenvalue weighted by molar-refractivity contribution is 8.06. The number of hydrogen-bond acceptors (Lipinski definition) is 7. The fourth-order valence-corrected chi connectivity index (χ4v) is 5.30. The number of thiazole rings is 1. The van der Waals surface area contributed by atoms with Gasteiger partial charge in [-0.25, -0.2) is 4.98 Å². The number of nitrogens with two attached hydrogens (primary N) is 1. The van der Waals surface area contributed by atoms with E-state index in [1.165, 1.54) is 17.1 Å². The topological polar surface area (TPSA) is 80.0 Å². The summed E-state index contributed by atoms with van der Waals surface area (Å²) in [5.41, 5.74) is 5.82. The molecular weight excluding hydrogens is 312 g/mol. The molecule has 2 heterocycles. The standard InChI is InChI=1S/C12H20N4OS3/c1-7(2)15-12-16-10(13)9(20-12)11(17)14-5-8-6-18-3-4-19-8/h7-8H,3-6,13H2,1-2H3,(H,14,17)(H,15,16). The Hall–Kier alpha value is -0.600. The molecule has 5 nitrogen and oxygen atoms in total. The highest BCUT2D eigenvalue weighted by atomic mass is 32.2. The first-order valence-electron chi connectivity index (χ1n) is 6.56. The number of amides is 1. The smallest absolute Gasteiger partial charge is 0.265 e. The summed E-state index contributed by atoms with van der Waals surface area (Å²) in [5.74, 6) is 3.66. The minimum Gasteiger partial charge on any atom is -0.382 e. The van der Waals surface area contributed by atoms with E-state index < -0.39 is 0 Å². The summed E-state index contributed by atoms with van der Waals surface area (Å²) >= 11 is 5.19. The average molecular weight is 333 g/mol. The Morgan fingerprint density at radius 1 is 1.50 bits per heavy atom. The van der Waals surface area contributed by atoms with Crippen LogP contribution in [0.1, 0.15) is 23.5 Å². The fourth-order valence-electron chi connectivity index (χ4n) is 1.74. The maximum atomic E-state index is 12.1. The van der Waals surface area contributed by atoms with E-state index in [0.717, 1.165) is 11.5 Å². The molecule has 20 heavy (non-hydrogen) atoms. The van der Waals surface area contributed by atoms with Crippen LogP contribution in [0.15, 0.2) is 0 Å². The van der Waals surface area contributed by atoms with Crippen LogP contribution in [0, 0.1) is 0 Å². The maximum absolute atomic E-state index is 12.1. The van der Waals surface area contributed by atoms with Gasteiger partial charge in [-0.1, -0.05) is 11.3 Å². The average Bonchev–Trinajstić information content (AvgIpc) is 2.77. The van der Waals surface area contributed by atoms with Crippen LogP contribution in [0.2, 0.25) is 0 Å². The van der Waals surface area contributed by atoms with Crippen molar-refractivity contribution >= 4 is 51.7 Å². The molecule has 112 valence electrons. The zero-order valence-electron chi connectivity index (χ0n) is 11.6. The monoisotopic (exact) mass is 332 g/mol. The molecule has 1 amide bonds. The first-order chi connectivity index (χ1) is 9.56. The summed E-state index contributed by atoms with van der Waals surface area (Å²) in [6, 6.07) is 0.270. The highest BCUT2D eigenvalue weighted by Gasteiger charge is 2.19. The van der Waals surface area contributed by atoms with Crippen molar-refractivity contribution in [2.24, 2.45) is 0 Å². The molecule has 1 aromatic heterocycles. The number of carbonyl (C=O) groups excluding carboxylic acids is 1. The third-order valence-electron chi connectivity index (χ3n) is 2.65. The minimum absolute atomic E-state index is 0.118. The molecule has 0 radical (unpaired) electrons. The Balaban J connectivity index is 1.89. The third-order valence-corrected chi connectivity index (χ3v) is 6.49. The van der Waals surface area contributed by atoms with E-state index in [1.807, 2.05) is 37.4 Å². The van der Waals surface area contributed by atoms with Crippen molar-refractivity contribution in [3.8, 4) is 0 Å². The predicted octanol–water partition coefficient (Wildman–Crippen LogP) is 2.12. The van der Waals surface area contributed by atoms with E-state index in [1.54, 1.807) is 0 Å². The molecule has 4 N–H and O–H groups in total. The number of anilines is 2. The number of thioether (sulfide) groups is 2. The van der Waals surface area contributed by atoms with Crippen molar-refractivity contribution in [2.75, 3.05) is 34.9 Å². The van der Waals surface area contributed by atoms with Crippen LogP contribution >= 0.6 is 34.9 Å². The van der Waals surface area contributed by atoms with Crippen LogP contribution in [0.3, 0.4) is 0 Å². The van der Waals surface area contributed by atoms with Crippen LogP contribution in [0.5, 0.6) is 0 Å². The Morgan fingerprint density at radius 3 is 2.95 bits per heavy atom. The lowest BCUT2D eigenvalue weighted by Gasteiger charge is -2.20. The van der Waals surface area contributed by atoms with Gasteiger partial charge in [0.25, 0.3) is 5.91 Å². The van der Waals surface area contributed by atoms with Crippen molar-refractivity contribution in [2.45, 2.75) is 25.1 Å². The lowest BCUT2D eigenvalue weighted by Crippen LogP contribution is -2.33. The molecule has 1 fully saturated rings. The molecule has 1 saturated heterocycles. The highest BCUT2D eigenvalue weighted by Crippen LogP contribution is 2.26. The minimum atomic E-state index is -0.118. The van der Waals surface area contributed by atoms with Gasteiger partial charge in [0.05, 0.1) is 0 Å². The summed E-state index contributed by atoms with van der Waals surface area (Å²) in [5, 5.41) is 7.33. The number of rotatable bonds is 5. The number of nitrogens with one attached hydrogen (secondary N) is 2. The number of nitrogen functional groups attached to an aromatic ring is 1. The number of hydrogen-bond donors (Lipinski definition) is 3. The van der Waals surface area contributed by atoms with Gasteiger partial charge in [-0.3, -0.25) is 4.79 Å². The molecule has 0 aliphatic carbocycles. The summed E-state index contributed by atoms with van der Waals surface area (Å²) in [4.78, 5) is 16.8. The first-order valence-corrected chi connectivity index (χ1v) is 9.58.